The number of anilines is 1. The normalized spacial score (nSPS) is 17.9. The number of fused-ring (bicyclic) bond motifs is 1. The second kappa shape index (κ2) is 11.4. The molecule has 2 unspecified atom stereocenters. The van der Waals surface area contributed by atoms with Crippen LogP contribution in [0.3, 0.4) is 0 Å². The topological polar surface area (TPSA) is 118 Å². The first-order valence-electron chi connectivity index (χ1n) is 14.9. The van der Waals surface area contributed by atoms with E-state index in [1.54, 1.807) is 32.6 Å². The van der Waals surface area contributed by atoms with Crippen LogP contribution < -0.4 is 10.1 Å². The van der Waals surface area contributed by atoms with Gasteiger partial charge in [0.2, 0.25) is 5.88 Å². The largest absolute Gasteiger partial charge is 0.480 e. The summed E-state index contributed by atoms with van der Waals surface area (Å²) in [4.78, 5) is 27.4. The molecule has 14 heteroatoms. The van der Waals surface area contributed by atoms with Gasteiger partial charge in [-0.25, -0.2) is 29.9 Å². The smallest absolute Gasteiger partial charge is 0.434 e. The molecule has 0 amide bonds. The van der Waals surface area contributed by atoms with Gasteiger partial charge in [-0.1, -0.05) is 24.3 Å². The minimum atomic E-state index is -4.51. The van der Waals surface area contributed by atoms with E-state index in [2.05, 4.69) is 20.3 Å². The van der Waals surface area contributed by atoms with Crippen molar-refractivity contribution in [1.29, 1.82) is 0 Å². The SMILES string of the molecule is COc1ncnc(C2CC2)c1-c1nc(NC(C)c2ccc(-c3nc(C(F)(F)F)cn3C)cc2)c2ncn(C3CCCCO3)c2n1. The van der Waals surface area contributed by atoms with E-state index < -0.39 is 11.9 Å². The number of aromatic nitrogens is 8. The van der Waals surface area contributed by atoms with Gasteiger partial charge in [0.05, 0.1) is 25.2 Å². The number of nitrogens with zero attached hydrogens (tertiary/aromatic N) is 8. The first-order valence-corrected chi connectivity index (χ1v) is 14.9. The van der Waals surface area contributed by atoms with Crippen LogP contribution in [0.5, 0.6) is 5.88 Å². The van der Waals surface area contributed by atoms with E-state index in [0.717, 1.165) is 49.6 Å². The lowest BCUT2D eigenvalue weighted by Crippen LogP contribution is -2.18. The predicted molar refractivity (Wildman–Crippen MR) is 159 cm³/mol. The highest BCUT2D eigenvalue weighted by molar-refractivity contribution is 5.86. The lowest BCUT2D eigenvalue weighted by atomic mass is 10.1. The van der Waals surface area contributed by atoms with Crippen LogP contribution in [0.4, 0.5) is 19.0 Å². The molecule has 45 heavy (non-hydrogen) atoms. The molecule has 0 radical (unpaired) electrons. The van der Waals surface area contributed by atoms with Gasteiger partial charge in [0.15, 0.2) is 28.5 Å². The summed E-state index contributed by atoms with van der Waals surface area (Å²) in [7, 11) is 3.12. The van der Waals surface area contributed by atoms with E-state index in [0.29, 0.717) is 52.3 Å². The van der Waals surface area contributed by atoms with Crippen LogP contribution in [-0.4, -0.2) is 52.8 Å². The van der Waals surface area contributed by atoms with Crippen molar-refractivity contribution in [2.75, 3.05) is 19.0 Å². The Hall–Kier alpha value is -4.59. The highest BCUT2D eigenvalue weighted by atomic mass is 19.4. The fourth-order valence-corrected chi connectivity index (χ4v) is 5.78. The van der Waals surface area contributed by atoms with Crippen LogP contribution in [-0.2, 0) is 18.0 Å². The van der Waals surface area contributed by atoms with Gasteiger partial charge >= 0.3 is 6.18 Å². The van der Waals surface area contributed by atoms with Crippen molar-refractivity contribution in [1.82, 2.24) is 39.0 Å². The molecule has 2 atom stereocenters. The molecule has 11 nitrogen and oxygen atoms in total. The molecule has 2 fully saturated rings. The van der Waals surface area contributed by atoms with Gasteiger partial charge in [0.25, 0.3) is 0 Å². The van der Waals surface area contributed by atoms with Gasteiger partial charge in [0.1, 0.15) is 23.9 Å². The zero-order valence-electron chi connectivity index (χ0n) is 25.0. The van der Waals surface area contributed by atoms with Crippen molar-refractivity contribution in [2.24, 2.45) is 7.05 Å². The molecule has 4 aromatic heterocycles. The Kier molecular flexibility index (Phi) is 7.38. The predicted octanol–water partition coefficient (Wildman–Crippen LogP) is 6.46. The number of nitrogens with one attached hydrogen (secondary N) is 1. The number of ether oxygens (including phenoxy) is 2. The molecular weight excluding hydrogens is 587 g/mol. The fourth-order valence-electron chi connectivity index (χ4n) is 5.78. The monoisotopic (exact) mass is 619 g/mol. The number of imidazole rings is 2. The van der Waals surface area contributed by atoms with Crippen LogP contribution in [0, 0.1) is 0 Å². The summed E-state index contributed by atoms with van der Waals surface area (Å²) in [6.07, 6.45) is 4.50. The van der Waals surface area contributed by atoms with Gasteiger partial charge in [0, 0.05) is 31.3 Å². The first-order chi connectivity index (χ1) is 21.7. The number of aryl methyl sites for hydroxylation is 1. The molecule has 5 heterocycles. The Morgan fingerprint density at radius 2 is 1.82 bits per heavy atom. The van der Waals surface area contributed by atoms with Crippen molar-refractivity contribution < 1.29 is 22.6 Å². The van der Waals surface area contributed by atoms with Crippen LogP contribution >= 0.6 is 0 Å². The van der Waals surface area contributed by atoms with Crippen LogP contribution in [0.1, 0.15) is 74.2 Å². The average Bonchev–Trinajstić information content (AvgIpc) is 3.68. The summed E-state index contributed by atoms with van der Waals surface area (Å²) in [5.41, 5.74) is 3.28. The van der Waals surface area contributed by atoms with Gasteiger partial charge in [-0.05, 0) is 44.6 Å². The molecule has 1 saturated carbocycles. The number of halogens is 3. The maximum absolute atomic E-state index is 13.2. The maximum atomic E-state index is 13.2. The standard InChI is InChI=1S/C31H32F3N9O2/c1-17(18-7-11-20(12-8-18)28-39-21(14-42(28)2)31(32,33)34)38-27-25-29(43(16-37-25)22-6-4-5-13-45-22)41-26(40-27)23-24(19-9-10-19)35-15-36-30(23)44-3/h7-8,11-12,14-17,19,22H,4-6,9-10,13H2,1-3H3,(H,38,40,41). The molecular formula is C31H32F3N9O2. The maximum Gasteiger partial charge on any atom is 0.434 e. The molecule has 0 bridgehead atoms. The number of rotatable bonds is 8. The third-order valence-corrected chi connectivity index (χ3v) is 8.30. The Morgan fingerprint density at radius 1 is 1.02 bits per heavy atom. The lowest BCUT2D eigenvalue weighted by Gasteiger charge is -2.24. The van der Waals surface area contributed by atoms with Crippen LogP contribution in [0.2, 0.25) is 0 Å². The Bertz CT molecular complexity index is 1840. The molecule has 1 saturated heterocycles. The second-order valence-electron chi connectivity index (χ2n) is 11.5. The van der Waals surface area contributed by atoms with Crippen molar-refractivity contribution in [3.05, 3.63) is 60.1 Å². The summed E-state index contributed by atoms with van der Waals surface area (Å²) >= 11 is 0. The third kappa shape index (κ3) is 5.58. The average molecular weight is 620 g/mol. The van der Waals surface area contributed by atoms with Gasteiger partial charge in [-0.15, -0.1) is 0 Å². The molecule has 234 valence electrons. The summed E-state index contributed by atoms with van der Waals surface area (Å²) in [5, 5.41) is 3.51. The van der Waals surface area contributed by atoms with E-state index in [4.69, 9.17) is 24.4 Å². The molecule has 1 N–H and O–H groups in total. The molecule has 2 aliphatic rings. The second-order valence-corrected chi connectivity index (χ2v) is 11.5. The van der Waals surface area contributed by atoms with E-state index in [9.17, 15) is 13.2 Å². The molecule has 1 aromatic carbocycles. The zero-order chi connectivity index (χ0) is 31.3. The lowest BCUT2D eigenvalue weighted by molar-refractivity contribution is -0.140. The highest BCUT2D eigenvalue weighted by Gasteiger charge is 2.35. The number of hydrogen-bond donors (Lipinski definition) is 1. The Morgan fingerprint density at radius 3 is 2.49 bits per heavy atom. The summed E-state index contributed by atoms with van der Waals surface area (Å²) in [5.74, 6) is 1.89. The molecule has 1 aliphatic carbocycles. The third-order valence-electron chi connectivity index (χ3n) is 8.30. The van der Waals surface area contributed by atoms with Crippen molar-refractivity contribution in [3.63, 3.8) is 0 Å². The summed E-state index contributed by atoms with van der Waals surface area (Å²) < 4.78 is 54.7. The molecule has 1 aliphatic heterocycles. The first kappa shape index (κ1) is 29.1. The van der Waals surface area contributed by atoms with Crippen LogP contribution in [0.25, 0.3) is 33.9 Å². The molecule has 0 spiro atoms. The van der Waals surface area contributed by atoms with Crippen molar-refractivity contribution in [2.45, 2.75) is 63.4 Å². The summed E-state index contributed by atoms with van der Waals surface area (Å²) in [6.45, 7) is 2.65. The fraction of sp³-hybridized carbons (Fsp3) is 0.419. The van der Waals surface area contributed by atoms with Crippen LogP contribution in [0.15, 0.2) is 43.1 Å². The zero-order valence-corrected chi connectivity index (χ0v) is 25.0. The number of methoxy groups -OCH3 is 1. The number of alkyl halides is 3. The Balaban J connectivity index is 1.26. The van der Waals surface area contributed by atoms with E-state index in [1.807, 2.05) is 23.6 Å². The van der Waals surface area contributed by atoms with E-state index in [1.165, 1.54) is 10.9 Å². The Labute approximate surface area is 256 Å². The van der Waals surface area contributed by atoms with E-state index in [-0.39, 0.29) is 18.1 Å². The summed E-state index contributed by atoms with van der Waals surface area (Å²) in [6, 6.07) is 7.01. The molecule has 5 aromatic rings. The highest BCUT2D eigenvalue weighted by Crippen LogP contribution is 2.45. The van der Waals surface area contributed by atoms with Gasteiger partial charge in [-0.2, -0.15) is 13.2 Å². The molecule has 7 rings (SSSR count). The van der Waals surface area contributed by atoms with E-state index >= 15 is 0 Å². The number of benzene rings is 1. The van der Waals surface area contributed by atoms with Gasteiger partial charge < -0.3 is 19.4 Å². The number of hydrogen-bond acceptors (Lipinski definition) is 9. The minimum absolute atomic E-state index is 0.190. The minimum Gasteiger partial charge on any atom is -0.480 e. The van der Waals surface area contributed by atoms with Crippen molar-refractivity contribution >= 4 is 17.0 Å². The van der Waals surface area contributed by atoms with Crippen molar-refractivity contribution in [3.8, 4) is 28.7 Å². The quantitative estimate of drug-likeness (QED) is 0.209. The van der Waals surface area contributed by atoms with Gasteiger partial charge in [-0.3, -0.25) is 4.57 Å².